The quantitative estimate of drug-likeness (QED) is 0.833. The van der Waals surface area contributed by atoms with Crippen LogP contribution in [0.15, 0.2) is 42.5 Å². The Labute approximate surface area is 122 Å². The van der Waals surface area contributed by atoms with Gasteiger partial charge < -0.3 is 10.4 Å². The van der Waals surface area contributed by atoms with E-state index in [4.69, 9.17) is 5.11 Å². The minimum Gasteiger partial charge on any atom is -0.384 e. The van der Waals surface area contributed by atoms with Crippen molar-refractivity contribution in [3.05, 3.63) is 65.0 Å². The fourth-order valence-corrected chi connectivity index (χ4v) is 1.82. The van der Waals surface area contributed by atoms with Crippen LogP contribution >= 0.6 is 0 Å². The summed E-state index contributed by atoms with van der Waals surface area (Å²) in [5.41, 5.74) is 2.02. The molecule has 3 nitrogen and oxygen atoms in total. The van der Waals surface area contributed by atoms with E-state index in [9.17, 15) is 9.18 Å². The summed E-state index contributed by atoms with van der Waals surface area (Å²) in [7, 11) is 0. The van der Waals surface area contributed by atoms with Crippen LogP contribution < -0.4 is 5.32 Å². The SMILES string of the molecule is Cc1cccc(C(=O)Nc2ccc(C#CCO)c(F)c2)c1. The first-order valence-electron chi connectivity index (χ1n) is 6.37. The van der Waals surface area contributed by atoms with Gasteiger partial charge in [0.1, 0.15) is 12.4 Å². The molecule has 4 heteroatoms. The first-order valence-corrected chi connectivity index (χ1v) is 6.37. The molecule has 0 aliphatic carbocycles. The second-order valence-corrected chi connectivity index (χ2v) is 4.48. The van der Waals surface area contributed by atoms with Crippen LogP contribution in [0.2, 0.25) is 0 Å². The van der Waals surface area contributed by atoms with Crippen LogP contribution in [0.4, 0.5) is 10.1 Å². The predicted molar refractivity (Wildman–Crippen MR) is 79.5 cm³/mol. The lowest BCUT2D eigenvalue weighted by molar-refractivity contribution is 0.102. The Hall–Kier alpha value is -2.64. The smallest absolute Gasteiger partial charge is 0.255 e. The Morgan fingerprint density at radius 2 is 2.10 bits per heavy atom. The molecule has 2 N–H and O–H groups in total. The van der Waals surface area contributed by atoms with Crippen molar-refractivity contribution in [3.8, 4) is 11.8 Å². The first-order chi connectivity index (χ1) is 10.1. The van der Waals surface area contributed by atoms with Crippen molar-refractivity contribution < 1.29 is 14.3 Å². The molecule has 1 amide bonds. The van der Waals surface area contributed by atoms with Crippen molar-refractivity contribution >= 4 is 11.6 Å². The summed E-state index contributed by atoms with van der Waals surface area (Å²) < 4.78 is 13.8. The van der Waals surface area contributed by atoms with Crippen LogP contribution in [-0.4, -0.2) is 17.6 Å². The van der Waals surface area contributed by atoms with Gasteiger partial charge in [-0.1, -0.05) is 29.5 Å². The molecule has 2 aromatic carbocycles. The Morgan fingerprint density at radius 3 is 2.76 bits per heavy atom. The number of amides is 1. The summed E-state index contributed by atoms with van der Waals surface area (Å²) in [6.45, 7) is 1.57. The molecule has 0 fully saturated rings. The normalized spacial score (nSPS) is 9.67. The molecule has 0 heterocycles. The summed E-state index contributed by atoms with van der Waals surface area (Å²) in [5.74, 6) is 4.03. The van der Waals surface area contributed by atoms with Gasteiger partial charge in [-0.2, -0.15) is 0 Å². The van der Waals surface area contributed by atoms with E-state index in [2.05, 4.69) is 17.2 Å². The maximum Gasteiger partial charge on any atom is 0.255 e. The number of carbonyl (C=O) groups is 1. The summed E-state index contributed by atoms with van der Waals surface area (Å²) in [6.07, 6.45) is 0. The summed E-state index contributed by atoms with van der Waals surface area (Å²) in [4.78, 5) is 12.0. The lowest BCUT2D eigenvalue weighted by atomic mass is 10.1. The van der Waals surface area contributed by atoms with Crippen molar-refractivity contribution in [2.45, 2.75) is 6.92 Å². The molecule has 0 spiro atoms. The minimum atomic E-state index is -0.544. The van der Waals surface area contributed by atoms with Gasteiger partial charge in [-0.25, -0.2) is 4.39 Å². The zero-order chi connectivity index (χ0) is 15.2. The summed E-state index contributed by atoms with van der Waals surface area (Å²) >= 11 is 0. The second-order valence-electron chi connectivity index (χ2n) is 4.48. The van der Waals surface area contributed by atoms with Gasteiger partial charge in [0, 0.05) is 11.3 Å². The van der Waals surface area contributed by atoms with Crippen molar-refractivity contribution in [1.82, 2.24) is 0 Å². The van der Waals surface area contributed by atoms with Crippen molar-refractivity contribution in [3.63, 3.8) is 0 Å². The molecule has 0 aliphatic rings. The van der Waals surface area contributed by atoms with Crippen LogP contribution in [0, 0.1) is 24.6 Å². The fourth-order valence-electron chi connectivity index (χ4n) is 1.82. The van der Waals surface area contributed by atoms with E-state index in [1.54, 1.807) is 24.3 Å². The number of aliphatic hydroxyl groups is 1. The zero-order valence-corrected chi connectivity index (χ0v) is 11.5. The van der Waals surface area contributed by atoms with Gasteiger partial charge in [0.25, 0.3) is 5.91 Å². The molecule has 2 rings (SSSR count). The number of anilines is 1. The zero-order valence-electron chi connectivity index (χ0n) is 11.5. The molecule has 0 bridgehead atoms. The fraction of sp³-hybridized carbons (Fsp3) is 0.118. The molecule has 2 aromatic rings. The Morgan fingerprint density at radius 1 is 1.29 bits per heavy atom. The summed E-state index contributed by atoms with van der Waals surface area (Å²) in [5, 5.41) is 11.2. The van der Waals surface area contributed by atoms with Gasteiger partial charge in [-0.3, -0.25) is 4.79 Å². The van der Waals surface area contributed by atoms with Crippen molar-refractivity contribution in [1.29, 1.82) is 0 Å². The van der Waals surface area contributed by atoms with E-state index in [0.717, 1.165) is 5.56 Å². The molecular formula is C17H14FNO2. The van der Waals surface area contributed by atoms with Gasteiger partial charge in [0.15, 0.2) is 0 Å². The highest BCUT2D eigenvalue weighted by atomic mass is 19.1. The number of halogens is 1. The topological polar surface area (TPSA) is 49.3 Å². The number of benzene rings is 2. The Bertz CT molecular complexity index is 729. The molecule has 0 unspecified atom stereocenters. The average molecular weight is 283 g/mol. The number of hydrogen-bond donors (Lipinski definition) is 2. The number of carbonyl (C=O) groups excluding carboxylic acids is 1. The molecule has 21 heavy (non-hydrogen) atoms. The number of hydrogen-bond acceptors (Lipinski definition) is 2. The number of nitrogens with one attached hydrogen (secondary N) is 1. The average Bonchev–Trinajstić information content (AvgIpc) is 2.46. The largest absolute Gasteiger partial charge is 0.384 e. The van der Waals surface area contributed by atoms with E-state index in [1.165, 1.54) is 12.1 Å². The highest BCUT2D eigenvalue weighted by molar-refractivity contribution is 6.04. The molecular weight excluding hydrogens is 269 g/mol. The third kappa shape index (κ3) is 3.91. The number of aliphatic hydroxyl groups excluding tert-OH is 1. The Kier molecular flexibility index (Phi) is 4.70. The van der Waals surface area contributed by atoms with Crippen LogP contribution in [0.3, 0.4) is 0 Å². The minimum absolute atomic E-state index is 0.178. The first kappa shape index (κ1) is 14.8. The molecule has 0 saturated carbocycles. The maximum absolute atomic E-state index is 13.8. The van der Waals surface area contributed by atoms with Crippen molar-refractivity contribution in [2.75, 3.05) is 11.9 Å². The van der Waals surface area contributed by atoms with Crippen LogP contribution in [0.5, 0.6) is 0 Å². The van der Waals surface area contributed by atoms with Gasteiger partial charge in [0.05, 0.1) is 5.56 Å². The standard InChI is InChI=1S/C17H14FNO2/c1-12-4-2-5-14(10-12)17(21)19-15-8-7-13(6-3-9-20)16(18)11-15/h2,4-5,7-8,10-11,20H,9H2,1H3,(H,19,21). The summed E-state index contributed by atoms with van der Waals surface area (Å²) in [6, 6.07) is 11.4. The number of aryl methyl sites for hydroxylation is 1. The third-order valence-corrected chi connectivity index (χ3v) is 2.81. The van der Waals surface area contributed by atoms with E-state index in [-0.39, 0.29) is 18.1 Å². The molecule has 0 atom stereocenters. The predicted octanol–water partition coefficient (Wildman–Crippen LogP) is 2.73. The molecule has 0 radical (unpaired) electrons. The molecule has 0 aromatic heterocycles. The van der Waals surface area contributed by atoms with Crippen LogP contribution in [0.25, 0.3) is 0 Å². The van der Waals surface area contributed by atoms with E-state index < -0.39 is 5.82 Å². The van der Waals surface area contributed by atoms with Crippen molar-refractivity contribution in [2.24, 2.45) is 0 Å². The maximum atomic E-state index is 13.8. The highest BCUT2D eigenvalue weighted by Crippen LogP contribution is 2.15. The lowest BCUT2D eigenvalue weighted by Gasteiger charge is -2.06. The monoisotopic (exact) mass is 283 g/mol. The van der Waals surface area contributed by atoms with E-state index in [0.29, 0.717) is 11.3 Å². The molecule has 106 valence electrons. The third-order valence-electron chi connectivity index (χ3n) is 2.81. The van der Waals surface area contributed by atoms with Gasteiger partial charge >= 0.3 is 0 Å². The highest BCUT2D eigenvalue weighted by Gasteiger charge is 2.08. The van der Waals surface area contributed by atoms with Crippen LogP contribution in [0.1, 0.15) is 21.5 Å². The van der Waals surface area contributed by atoms with Crippen LogP contribution in [-0.2, 0) is 0 Å². The lowest BCUT2D eigenvalue weighted by Crippen LogP contribution is -2.12. The number of rotatable bonds is 2. The molecule has 0 aliphatic heterocycles. The van der Waals surface area contributed by atoms with Gasteiger partial charge in [-0.05, 0) is 37.3 Å². The molecule has 0 saturated heterocycles. The Balaban J connectivity index is 2.17. The van der Waals surface area contributed by atoms with E-state index in [1.807, 2.05) is 13.0 Å². The second kappa shape index (κ2) is 6.69. The van der Waals surface area contributed by atoms with E-state index >= 15 is 0 Å². The van der Waals surface area contributed by atoms with Gasteiger partial charge in [-0.15, -0.1) is 0 Å². The van der Waals surface area contributed by atoms with Gasteiger partial charge in [0.2, 0.25) is 0 Å².